The molecule has 35 heavy (non-hydrogen) atoms. The number of hydrogen-bond donors (Lipinski definition) is 1. The van der Waals surface area contributed by atoms with Crippen LogP contribution in [0, 0.1) is 0 Å². The first-order valence-electron chi connectivity index (χ1n) is 11.9. The molecule has 7 heteroatoms. The number of nitrogens with zero attached hydrogens (tertiary/aromatic N) is 2. The molecular weight excluding hydrogens is 458 g/mol. The van der Waals surface area contributed by atoms with Gasteiger partial charge in [-0.1, -0.05) is 87.1 Å². The molecule has 0 unspecified atom stereocenters. The predicted molar refractivity (Wildman–Crippen MR) is 140 cm³/mol. The van der Waals surface area contributed by atoms with Gasteiger partial charge in [0, 0.05) is 12.2 Å². The number of hydrogen-bond acceptors (Lipinski definition) is 6. The molecular formula is C28H31N3O3S. The van der Waals surface area contributed by atoms with Crippen LogP contribution in [0.5, 0.6) is 0 Å². The number of esters is 1. The summed E-state index contributed by atoms with van der Waals surface area (Å²) in [4.78, 5) is 32.7. The highest BCUT2D eigenvalue weighted by atomic mass is 32.2. The third kappa shape index (κ3) is 5.35. The molecule has 6 nitrogen and oxygen atoms in total. The van der Waals surface area contributed by atoms with Crippen LogP contribution in [-0.4, -0.2) is 29.1 Å². The SMILES string of the molecule is CCC1=C(C(=O)OC)[C@@H](c2ccc(C(C)C)cc2)N2C(CC(=O)NCc3ccccc3)=CSC2=N1. The Labute approximate surface area is 211 Å². The number of methoxy groups -OCH3 is 1. The summed E-state index contributed by atoms with van der Waals surface area (Å²) >= 11 is 1.49. The van der Waals surface area contributed by atoms with Crippen molar-refractivity contribution < 1.29 is 14.3 Å². The highest BCUT2D eigenvalue weighted by Gasteiger charge is 2.41. The zero-order chi connectivity index (χ0) is 24.9. The molecule has 0 saturated carbocycles. The number of rotatable bonds is 8. The van der Waals surface area contributed by atoms with E-state index in [9.17, 15) is 9.59 Å². The summed E-state index contributed by atoms with van der Waals surface area (Å²) in [7, 11) is 1.40. The molecule has 0 radical (unpaired) electrons. The Kier molecular flexibility index (Phi) is 7.76. The second kappa shape index (κ2) is 11.0. The molecule has 2 aromatic rings. The predicted octanol–water partition coefficient (Wildman–Crippen LogP) is 5.65. The molecule has 0 aliphatic carbocycles. The summed E-state index contributed by atoms with van der Waals surface area (Å²) in [6.45, 7) is 6.76. The van der Waals surface area contributed by atoms with Crippen LogP contribution >= 0.6 is 11.8 Å². The maximum absolute atomic E-state index is 13.0. The van der Waals surface area contributed by atoms with Gasteiger partial charge in [0.05, 0.1) is 30.8 Å². The van der Waals surface area contributed by atoms with Gasteiger partial charge in [0.25, 0.3) is 0 Å². The van der Waals surface area contributed by atoms with Crippen LogP contribution in [0.1, 0.15) is 62.3 Å². The first-order valence-corrected chi connectivity index (χ1v) is 12.8. The highest BCUT2D eigenvalue weighted by Crippen LogP contribution is 2.45. The van der Waals surface area contributed by atoms with E-state index in [2.05, 4.69) is 43.4 Å². The van der Waals surface area contributed by atoms with Gasteiger partial charge < -0.3 is 15.0 Å². The fraction of sp³-hybridized carbons (Fsp3) is 0.321. The number of amidine groups is 1. The number of aliphatic imine (C=N–C) groups is 1. The summed E-state index contributed by atoms with van der Waals surface area (Å²) in [6, 6.07) is 17.8. The zero-order valence-corrected chi connectivity index (χ0v) is 21.4. The van der Waals surface area contributed by atoms with Crippen LogP contribution in [0.2, 0.25) is 0 Å². The molecule has 2 aliphatic heterocycles. The third-order valence-corrected chi connectivity index (χ3v) is 7.11. The number of fused-ring (bicyclic) bond motifs is 1. The van der Waals surface area contributed by atoms with Crippen molar-refractivity contribution in [3.8, 4) is 0 Å². The average molecular weight is 490 g/mol. The molecule has 2 heterocycles. The standard InChI is InChI=1S/C28H31N3O3S/c1-5-23-25(27(33)34-4)26(21-13-11-20(12-14-21)18(2)3)31-22(17-35-28(31)30-23)15-24(32)29-16-19-9-7-6-8-10-19/h6-14,17-18,26H,5,15-16H2,1-4H3,(H,29,32)/t26-/m1/s1. The minimum Gasteiger partial charge on any atom is -0.466 e. The van der Waals surface area contributed by atoms with Gasteiger partial charge in [0.15, 0.2) is 5.17 Å². The van der Waals surface area contributed by atoms with E-state index in [1.54, 1.807) is 0 Å². The van der Waals surface area contributed by atoms with Crippen molar-refractivity contribution in [2.24, 2.45) is 4.99 Å². The molecule has 0 fully saturated rings. The van der Waals surface area contributed by atoms with E-state index in [-0.39, 0.29) is 12.3 Å². The summed E-state index contributed by atoms with van der Waals surface area (Å²) in [5, 5.41) is 5.74. The summed E-state index contributed by atoms with van der Waals surface area (Å²) in [6.07, 6.45) is 0.797. The third-order valence-electron chi connectivity index (χ3n) is 6.22. The van der Waals surface area contributed by atoms with Gasteiger partial charge >= 0.3 is 5.97 Å². The first-order chi connectivity index (χ1) is 16.9. The minimum atomic E-state index is -0.408. The van der Waals surface area contributed by atoms with Crippen molar-refractivity contribution in [2.75, 3.05) is 7.11 Å². The molecule has 0 saturated heterocycles. The topological polar surface area (TPSA) is 71.0 Å². The Bertz CT molecular complexity index is 1180. The van der Waals surface area contributed by atoms with Gasteiger partial charge in [-0.2, -0.15) is 0 Å². The van der Waals surface area contributed by atoms with E-state index in [1.807, 2.05) is 47.6 Å². The number of thioether (sulfide) groups is 1. The lowest BCUT2D eigenvalue weighted by Gasteiger charge is -2.36. The Morgan fingerprint density at radius 3 is 2.46 bits per heavy atom. The van der Waals surface area contributed by atoms with Crippen LogP contribution in [-0.2, 0) is 20.9 Å². The van der Waals surface area contributed by atoms with Gasteiger partial charge in [0.1, 0.15) is 0 Å². The number of allylic oxidation sites excluding steroid dienone is 1. The van der Waals surface area contributed by atoms with Crippen LogP contribution < -0.4 is 5.32 Å². The van der Waals surface area contributed by atoms with Crippen LogP contribution in [0.4, 0.5) is 0 Å². The van der Waals surface area contributed by atoms with Gasteiger partial charge in [0.2, 0.25) is 5.91 Å². The zero-order valence-electron chi connectivity index (χ0n) is 20.6. The number of carbonyl (C=O) groups is 2. The van der Waals surface area contributed by atoms with Gasteiger partial charge in [-0.25, -0.2) is 9.79 Å². The molecule has 0 spiro atoms. The van der Waals surface area contributed by atoms with Gasteiger partial charge in [-0.05, 0) is 34.4 Å². The van der Waals surface area contributed by atoms with E-state index in [1.165, 1.54) is 24.4 Å². The van der Waals surface area contributed by atoms with Crippen LogP contribution in [0.25, 0.3) is 0 Å². The van der Waals surface area contributed by atoms with E-state index < -0.39 is 12.0 Å². The van der Waals surface area contributed by atoms with Crippen LogP contribution in [0.3, 0.4) is 0 Å². The second-order valence-electron chi connectivity index (χ2n) is 8.86. The Morgan fingerprint density at radius 1 is 1.11 bits per heavy atom. The summed E-state index contributed by atoms with van der Waals surface area (Å²) < 4.78 is 5.19. The van der Waals surface area contributed by atoms with Crippen molar-refractivity contribution in [3.05, 3.63) is 93.7 Å². The molecule has 182 valence electrons. The van der Waals surface area contributed by atoms with Crippen molar-refractivity contribution in [1.29, 1.82) is 0 Å². The number of ether oxygens (including phenoxy) is 1. The van der Waals surface area contributed by atoms with Crippen molar-refractivity contribution >= 4 is 28.8 Å². The average Bonchev–Trinajstić information content (AvgIpc) is 3.28. The summed E-state index contributed by atoms with van der Waals surface area (Å²) in [5.41, 5.74) is 5.29. The number of benzene rings is 2. The number of carbonyl (C=O) groups excluding carboxylic acids is 2. The quantitative estimate of drug-likeness (QED) is 0.485. The minimum absolute atomic E-state index is 0.0826. The van der Waals surface area contributed by atoms with Gasteiger partial charge in [-0.3, -0.25) is 4.79 Å². The smallest absolute Gasteiger partial charge is 0.338 e. The fourth-order valence-electron chi connectivity index (χ4n) is 4.31. The largest absolute Gasteiger partial charge is 0.466 e. The number of nitrogens with one attached hydrogen (secondary N) is 1. The van der Waals surface area contributed by atoms with E-state index >= 15 is 0 Å². The maximum Gasteiger partial charge on any atom is 0.338 e. The molecule has 1 atom stereocenters. The monoisotopic (exact) mass is 489 g/mol. The Balaban J connectivity index is 1.64. The number of amides is 1. The Morgan fingerprint density at radius 2 is 1.83 bits per heavy atom. The van der Waals surface area contributed by atoms with Crippen molar-refractivity contribution in [3.63, 3.8) is 0 Å². The molecule has 0 aromatic heterocycles. The molecule has 2 aliphatic rings. The normalized spacial score (nSPS) is 17.2. The Hall–Kier alpha value is -3.32. The summed E-state index contributed by atoms with van der Waals surface area (Å²) in [5.74, 6) is -0.0754. The molecule has 4 rings (SSSR count). The van der Waals surface area contributed by atoms with Crippen LogP contribution in [0.15, 0.2) is 82.0 Å². The lowest BCUT2D eigenvalue weighted by Crippen LogP contribution is -2.38. The first kappa shape index (κ1) is 24.8. The lowest BCUT2D eigenvalue weighted by atomic mass is 9.91. The van der Waals surface area contributed by atoms with Gasteiger partial charge in [-0.15, -0.1) is 0 Å². The molecule has 1 N–H and O–H groups in total. The van der Waals surface area contributed by atoms with Crippen molar-refractivity contribution in [2.45, 2.75) is 52.1 Å². The maximum atomic E-state index is 13.0. The molecule has 0 bridgehead atoms. The molecule has 2 aromatic carbocycles. The molecule has 1 amide bonds. The highest BCUT2D eigenvalue weighted by molar-refractivity contribution is 8.16. The fourth-order valence-corrected chi connectivity index (χ4v) is 5.25. The van der Waals surface area contributed by atoms with E-state index in [0.29, 0.717) is 24.5 Å². The van der Waals surface area contributed by atoms with E-state index in [4.69, 9.17) is 9.73 Å². The van der Waals surface area contributed by atoms with E-state index in [0.717, 1.165) is 27.7 Å². The second-order valence-corrected chi connectivity index (χ2v) is 9.70. The lowest BCUT2D eigenvalue weighted by molar-refractivity contribution is -0.136. The van der Waals surface area contributed by atoms with Crippen molar-refractivity contribution in [1.82, 2.24) is 10.2 Å².